The Morgan fingerprint density at radius 3 is 2.40 bits per heavy atom. The first kappa shape index (κ1) is 16.9. The van der Waals surface area contributed by atoms with Gasteiger partial charge in [0.2, 0.25) is 5.91 Å². The molecule has 1 aromatic rings. The van der Waals surface area contributed by atoms with Gasteiger partial charge in [0.05, 0.1) is 16.1 Å². The van der Waals surface area contributed by atoms with Gasteiger partial charge in [-0.3, -0.25) is 4.79 Å². The lowest BCUT2D eigenvalue weighted by Gasteiger charge is -2.14. The van der Waals surface area contributed by atoms with E-state index in [0.717, 1.165) is 6.42 Å². The van der Waals surface area contributed by atoms with Crippen molar-refractivity contribution in [2.75, 3.05) is 5.32 Å². The van der Waals surface area contributed by atoms with E-state index in [1.165, 1.54) is 12.1 Å². The minimum absolute atomic E-state index is 0.128. The molecule has 0 aliphatic carbocycles. The molecule has 3 N–H and O–H groups in total. The monoisotopic (exact) mass is 326 g/mol. The molecule has 0 fully saturated rings. The number of hydrogen-bond acceptors (Lipinski definition) is 3. The molecule has 1 rings (SSSR count). The van der Waals surface area contributed by atoms with Crippen LogP contribution < -0.4 is 15.8 Å². The van der Waals surface area contributed by atoms with Crippen molar-refractivity contribution >= 4 is 34.8 Å². The van der Waals surface area contributed by atoms with Crippen molar-refractivity contribution in [2.24, 2.45) is 5.73 Å². The van der Waals surface area contributed by atoms with E-state index in [2.05, 4.69) is 10.1 Å². The highest BCUT2D eigenvalue weighted by molar-refractivity contribution is 6.37. The Morgan fingerprint density at radius 1 is 1.40 bits per heavy atom. The van der Waals surface area contributed by atoms with Gasteiger partial charge in [0.15, 0.2) is 5.75 Å². The summed E-state index contributed by atoms with van der Waals surface area (Å²) in [7, 11) is 0. The SMILES string of the molecule is CCCC(N)C(=O)Nc1cc(Cl)c(OC(F)F)c(Cl)c1. The van der Waals surface area contributed by atoms with Gasteiger partial charge in [-0.05, 0) is 18.6 Å². The van der Waals surface area contributed by atoms with Crippen LogP contribution in [0.4, 0.5) is 14.5 Å². The van der Waals surface area contributed by atoms with Crippen LogP contribution in [0.15, 0.2) is 12.1 Å². The summed E-state index contributed by atoms with van der Waals surface area (Å²) in [5, 5.41) is 2.26. The number of carbonyl (C=O) groups excluding carboxylic acids is 1. The summed E-state index contributed by atoms with van der Waals surface area (Å²) in [6.07, 6.45) is 1.29. The number of alkyl halides is 2. The minimum Gasteiger partial charge on any atom is -0.432 e. The van der Waals surface area contributed by atoms with Crippen LogP contribution in [-0.2, 0) is 4.79 Å². The molecule has 112 valence electrons. The molecule has 1 unspecified atom stereocenters. The molecule has 20 heavy (non-hydrogen) atoms. The largest absolute Gasteiger partial charge is 0.432 e. The average molecular weight is 327 g/mol. The minimum atomic E-state index is -3.04. The number of hydrogen-bond donors (Lipinski definition) is 2. The fourth-order valence-corrected chi connectivity index (χ4v) is 2.09. The number of amides is 1. The molecule has 0 aromatic heterocycles. The average Bonchev–Trinajstić information content (AvgIpc) is 2.34. The zero-order valence-electron chi connectivity index (χ0n) is 10.6. The van der Waals surface area contributed by atoms with Crippen LogP contribution in [0.1, 0.15) is 19.8 Å². The number of benzene rings is 1. The van der Waals surface area contributed by atoms with Crippen molar-refractivity contribution in [3.05, 3.63) is 22.2 Å². The molecule has 1 aromatic carbocycles. The molecule has 0 saturated carbocycles. The second-order valence-electron chi connectivity index (χ2n) is 4.03. The van der Waals surface area contributed by atoms with Crippen molar-refractivity contribution in [1.82, 2.24) is 0 Å². The maximum absolute atomic E-state index is 12.2. The summed E-state index contributed by atoms with van der Waals surface area (Å²) < 4.78 is 28.5. The number of carbonyl (C=O) groups is 1. The summed E-state index contributed by atoms with van der Waals surface area (Å²) in [6, 6.07) is 1.87. The molecule has 8 heteroatoms. The van der Waals surface area contributed by atoms with Gasteiger partial charge in [-0.2, -0.15) is 8.78 Å². The van der Waals surface area contributed by atoms with E-state index in [4.69, 9.17) is 28.9 Å². The highest BCUT2D eigenvalue weighted by Crippen LogP contribution is 2.36. The first-order valence-corrected chi connectivity index (χ1v) is 6.61. The van der Waals surface area contributed by atoms with E-state index in [9.17, 15) is 13.6 Å². The van der Waals surface area contributed by atoms with Crippen LogP contribution in [0.25, 0.3) is 0 Å². The predicted octanol–water partition coefficient (Wildman–Crippen LogP) is 3.66. The van der Waals surface area contributed by atoms with E-state index in [1.807, 2.05) is 6.92 Å². The van der Waals surface area contributed by atoms with Gasteiger partial charge in [0.1, 0.15) is 0 Å². The topological polar surface area (TPSA) is 64.4 Å². The lowest BCUT2D eigenvalue weighted by molar-refractivity contribution is -0.117. The van der Waals surface area contributed by atoms with Crippen LogP contribution in [0.3, 0.4) is 0 Å². The van der Waals surface area contributed by atoms with Gasteiger partial charge in [0.25, 0.3) is 0 Å². The fraction of sp³-hybridized carbons (Fsp3) is 0.417. The molecule has 0 saturated heterocycles. The predicted molar refractivity (Wildman–Crippen MR) is 74.6 cm³/mol. The van der Waals surface area contributed by atoms with E-state index < -0.39 is 18.6 Å². The summed E-state index contributed by atoms with van der Waals surface area (Å²) in [5.74, 6) is -0.735. The maximum Gasteiger partial charge on any atom is 0.387 e. The second-order valence-corrected chi connectivity index (χ2v) is 4.85. The van der Waals surface area contributed by atoms with E-state index in [0.29, 0.717) is 6.42 Å². The quantitative estimate of drug-likeness (QED) is 0.838. The molecular formula is C12H14Cl2F2N2O2. The lowest BCUT2D eigenvalue weighted by atomic mass is 10.1. The van der Waals surface area contributed by atoms with Crippen LogP contribution in [0.5, 0.6) is 5.75 Å². The van der Waals surface area contributed by atoms with E-state index >= 15 is 0 Å². The molecular weight excluding hydrogens is 313 g/mol. The van der Waals surface area contributed by atoms with Crippen LogP contribution in [-0.4, -0.2) is 18.6 Å². The third kappa shape index (κ3) is 4.77. The molecule has 0 aliphatic heterocycles. The molecule has 1 atom stereocenters. The Bertz CT molecular complexity index is 464. The molecule has 4 nitrogen and oxygen atoms in total. The van der Waals surface area contributed by atoms with Crippen LogP contribution in [0.2, 0.25) is 10.0 Å². The standard InChI is InChI=1S/C12H14Cl2F2N2O2/c1-2-3-9(17)11(19)18-6-4-7(13)10(8(14)5-6)20-12(15)16/h4-5,9,12H,2-3,17H2,1H3,(H,18,19). The summed E-state index contributed by atoms with van der Waals surface area (Å²) in [5.41, 5.74) is 5.91. The molecule has 0 radical (unpaired) electrons. The summed E-state index contributed by atoms with van der Waals surface area (Å²) >= 11 is 11.6. The molecule has 0 aliphatic rings. The Balaban J connectivity index is 2.86. The molecule has 0 bridgehead atoms. The zero-order valence-corrected chi connectivity index (χ0v) is 12.1. The number of ether oxygens (including phenoxy) is 1. The molecule has 0 heterocycles. The fourth-order valence-electron chi connectivity index (χ4n) is 1.51. The normalized spacial score (nSPS) is 12.3. The third-order valence-corrected chi connectivity index (χ3v) is 2.97. The van der Waals surface area contributed by atoms with Crippen LogP contribution in [0, 0.1) is 0 Å². The molecule has 1 amide bonds. The third-order valence-electron chi connectivity index (χ3n) is 2.41. The van der Waals surface area contributed by atoms with E-state index in [1.54, 1.807) is 0 Å². The first-order valence-electron chi connectivity index (χ1n) is 5.85. The molecule has 0 spiro atoms. The number of anilines is 1. The van der Waals surface area contributed by atoms with Crippen molar-refractivity contribution in [3.8, 4) is 5.75 Å². The zero-order chi connectivity index (χ0) is 15.3. The van der Waals surface area contributed by atoms with E-state index in [-0.39, 0.29) is 21.5 Å². The van der Waals surface area contributed by atoms with Crippen molar-refractivity contribution in [3.63, 3.8) is 0 Å². The van der Waals surface area contributed by atoms with Gasteiger partial charge in [-0.15, -0.1) is 0 Å². The van der Waals surface area contributed by atoms with Crippen molar-refractivity contribution in [2.45, 2.75) is 32.4 Å². The van der Waals surface area contributed by atoms with Crippen molar-refractivity contribution < 1.29 is 18.3 Å². The highest BCUT2D eigenvalue weighted by Gasteiger charge is 2.17. The van der Waals surface area contributed by atoms with Crippen LogP contribution >= 0.6 is 23.2 Å². The number of halogens is 4. The highest BCUT2D eigenvalue weighted by atomic mass is 35.5. The van der Waals surface area contributed by atoms with Gasteiger partial charge in [-0.25, -0.2) is 0 Å². The number of nitrogens with two attached hydrogens (primary N) is 1. The Labute approximate surface area is 125 Å². The smallest absolute Gasteiger partial charge is 0.387 e. The Kier molecular flexibility index (Phi) is 6.45. The second kappa shape index (κ2) is 7.61. The van der Waals surface area contributed by atoms with Gasteiger partial charge >= 0.3 is 6.61 Å². The summed E-state index contributed by atoms with van der Waals surface area (Å²) in [6.45, 7) is -1.14. The van der Waals surface area contributed by atoms with Gasteiger partial charge in [-0.1, -0.05) is 36.5 Å². The summed E-state index contributed by atoms with van der Waals surface area (Å²) in [4.78, 5) is 11.7. The number of nitrogens with one attached hydrogen (secondary N) is 1. The number of rotatable bonds is 6. The maximum atomic E-state index is 12.2. The lowest BCUT2D eigenvalue weighted by Crippen LogP contribution is -2.35. The first-order chi connectivity index (χ1) is 9.35. The Hall–Kier alpha value is -1.11. The van der Waals surface area contributed by atoms with Gasteiger partial charge < -0.3 is 15.8 Å². The van der Waals surface area contributed by atoms with Crippen molar-refractivity contribution in [1.29, 1.82) is 0 Å². The Morgan fingerprint density at radius 2 is 1.95 bits per heavy atom. The van der Waals surface area contributed by atoms with Gasteiger partial charge in [0, 0.05) is 5.69 Å².